The van der Waals surface area contributed by atoms with Gasteiger partial charge in [-0.25, -0.2) is 0 Å². The molecule has 0 aromatic heterocycles. The topological polar surface area (TPSA) is 67.4 Å². The summed E-state index contributed by atoms with van der Waals surface area (Å²) in [5.74, 6) is 0.170. The third kappa shape index (κ3) is 5.38. The van der Waals surface area contributed by atoms with Gasteiger partial charge < -0.3 is 15.4 Å². The van der Waals surface area contributed by atoms with Crippen LogP contribution in [0.2, 0.25) is 0 Å². The third-order valence-electron chi connectivity index (χ3n) is 4.91. The van der Waals surface area contributed by atoms with Crippen LogP contribution in [-0.4, -0.2) is 24.5 Å². The first kappa shape index (κ1) is 21.4. The fraction of sp³-hybridized carbons (Fsp3) is 0.280. The Bertz CT molecular complexity index is 1020. The maximum atomic E-state index is 12.9. The molecule has 3 aromatic carbocycles. The van der Waals surface area contributed by atoms with E-state index in [9.17, 15) is 9.59 Å². The molecule has 2 amide bonds. The Morgan fingerprint density at radius 1 is 0.933 bits per heavy atom. The van der Waals surface area contributed by atoms with Crippen LogP contribution >= 0.6 is 0 Å². The molecule has 5 heteroatoms. The van der Waals surface area contributed by atoms with Crippen molar-refractivity contribution in [3.05, 3.63) is 72.3 Å². The Hall–Kier alpha value is -3.34. The van der Waals surface area contributed by atoms with Crippen molar-refractivity contribution in [1.29, 1.82) is 0 Å². The first-order chi connectivity index (χ1) is 14.6. The second kappa shape index (κ2) is 10.4. The van der Waals surface area contributed by atoms with Gasteiger partial charge in [-0.2, -0.15) is 0 Å². The minimum Gasteiger partial charge on any atom is -0.481 e. The van der Waals surface area contributed by atoms with E-state index in [-0.39, 0.29) is 11.8 Å². The van der Waals surface area contributed by atoms with Crippen LogP contribution < -0.4 is 15.4 Å². The number of hydrogen-bond donors (Lipinski definition) is 2. The smallest absolute Gasteiger partial charge is 0.265 e. The Balaban J connectivity index is 1.71. The molecular weight excluding hydrogens is 376 g/mol. The number of nitrogens with one attached hydrogen (secondary N) is 2. The largest absolute Gasteiger partial charge is 0.481 e. The lowest BCUT2D eigenvalue weighted by Crippen LogP contribution is -2.33. The van der Waals surface area contributed by atoms with Crippen molar-refractivity contribution in [3.63, 3.8) is 0 Å². The Labute approximate surface area is 177 Å². The van der Waals surface area contributed by atoms with Crippen LogP contribution in [0.25, 0.3) is 10.8 Å². The number of fused-ring (bicyclic) bond motifs is 1. The molecule has 3 rings (SSSR count). The average Bonchev–Trinajstić information content (AvgIpc) is 2.77. The molecular formula is C25H28N2O3. The number of carbonyl (C=O) groups excluding carboxylic acids is 2. The van der Waals surface area contributed by atoms with Gasteiger partial charge in [-0.05, 0) is 47.9 Å². The van der Waals surface area contributed by atoms with Crippen LogP contribution in [0, 0.1) is 0 Å². The quantitative estimate of drug-likeness (QED) is 0.484. The zero-order valence-electron chi connectivity index (χ0n) is 17.5. The van der Waals surface area contributed by atoms with Crippen LogP contribution in [0.3, 0.4) is 0 Å². The van der Waals surface area contributed by atoms with Gasteiger partial charge in [0.15, 0.2) is 6.10 Å². The van der Waals surface area contributed by atoms with E-state index in [0.29, 0.717) is 30.0 Å². The number of carbonyl (C=O) groups is 2. The van der Waals surface area contributed by atoms with E-state index >= 15 is 0 Å². The second-order valence-corrected chi connectivity index (χ2v) is 7.17. The van der Waals surface area contributed by atoms with Crippen LogP contribution in [0.1, 0.15) is 43.5 Å². The minimum atomic E-state index is -0.664. The predicted octanol–water partition coefficient (Wildman–Crippen LogP) is 5.17. The molecule has 0 aliphatic carbocycles. The fourth-order valence-electron chi connectivity index (χ4n) is 3.20. The lowest BCUT2D eigenvalue weighted by molar-refractivity contribution is -0.122. The van der Waals surface area contributed by atoms with Gasteiger partial charge in [0.2, 0.25) is 0 Å². The highest BCUT2D eigenvalue weighted by molar-refractivity contribution is 6.04. The van der Waals surface area contributed by atoms with Crippen LogP contribution in [0.5, 0.6) is 5.75 Å². The van der Waals surface area contributed by atoms with Gasteiger partial charge in [-0.15, -0.1) is 0 Å². The summed E-state index contributed by atoms with van der Waals surface area (Å²) in [6.45, 7) is 4.58. The molecule has 0 saturated heterocycles. The first-order valence-corrected chi connectivity index (χ1v) is 10.5. The van der Waals surface area contributed by atoms with Crippen LogP contribution in [0.4, 0.5) is 5.69 Å². The summed E-state index contributed by atoms with van der Waals surface area (Å²) < 4.78 is 5.97. The van der Waals surface area contributed by atoms with Crippen molar-refractivity contribution in [3.8, 4) is 5.75 Å². The van der Waals surface area contributed by atoms with Crippen molar-refractivity contribution in [1.82, 2.24) is 5.32 Å². The molecule has 0 aliphatic heterocycles. The summed E-state index contributed by atoms with van der Waals surface area (Å²) in [4.78, 5) is 25.4. The summed E-state index contributed by atoms with van der Waals surface area (Å²) in [5, 5.41) is 7.93. The Kier molecular flexibility index (Phi) is 7.44. The summed E-state index contributed by atoms with van der Waals surface area (Å²) in [6.07, 6.45) is 1.76. The molecule has 2 N–H and O–H groups in total. The summed E-state index contributed by atoms with van der Waals surface area (Å²) >= 11 is 0. The molecule has 1 atom stereocenters. The van der Waals surface area contributed by atoms with Gasteiger partial charge in [-0.1, -0.05) is 62.7 Å². The average molecular weight is 405 g/mol. The van der Waals surface area contributed by atoms with E-state index in [1.807, 2.05) is 49.4 Å². The molecule has 0 aliphatic rings. The molecule has 3 aromatic rings. The maximum absolute atomic E-state index is 12.9. The molecule has 0 spiro atoms. The summed E-state index contributed by atoms with van der Waals surface area (Å²) in [6, 6.07) is 20.8. The SMILES string of the molecule is CCCCNC(=O)c1ccccc1NC(=O)[C@H](CC)Oc1ccc2ccccc2c1. The van der Waals surface area contributed by atoms with Crippen molar-refractivity contribution >= 4 is 28.3 Å². The number of benzene rings is 3. The predicted molar refractivity (Wildman–Crippen MR) is 121 cm³/mol. The van der Waals surface area contributed by atoms with Gasteiger partial charge >= 0.3 is 0 Å². The summed E-state index contributed by atoms with van der Waals surface area (Å²) in [5.41, 5.74) is 0.930. The van der Waals surface area contributed by atoms with Gasteiger partial charge in [0.1, 0.15) is 5.75 Å². The van der Waals surface area contributed by atoms with Gasteiger partial charge in [0, 0.05) is 6.54 Å². The van der Waals surface area contributed by atoms with E-state index in [2.05, 4.69) is 17.6 Å². The second-order valence-electron chi connectivity index (χ2n) is 7.17. The number of amides is 2. The van der Waals surface area contributed by atoms with Crippen molar-refractivity contribution in [2.45, 2.75) is 39.2 Å². The highest BCUT2D eigenvalue weighted by Crippen LogP contribution is 2.23. The van der Waals surface area contributed by atoms with Crippen molar-refractivity contribution < 1.29 is 14.3 Å². The van der Waals surface area contributed by atoms with E-state index in [4.69, 9.17) is 4.74 Å². The van der Waals surface area contributed by atoms with E-state index in [0.717, 1.165) is 23.6 Å². The lowest BCUT2D eigenvalue weighted by Gasteiger charge is -2.19. The highest BCUT2D eigenvalue weighted by Gasteiger charge is 2.21. The standard InChI is InChI=1S/C25H28N2O3/c1-3-5-16-26-24(28)21-12-8-9-13-22(21)27-25(29)23(4-2)30-20-15-14-18-10-6-7-11-19(18)17-20/h6-15,17,23H,3-5,16H2,1-2H3,(H,26,28)(H,27,29)/t23-/m0/s1. The Morgan fingerprint density at radius 2 is 1.67 bits per heavy atom. The monoisotopic (exact) mass is 404 g/mol. The molecule has 0 radical (unpaired) electrons. The van der Waals surface area contributed by atoms with E-state index in [1.54, 1.807) is 24.3 Å². The normalized spacial score (nSPS) is 11.7. The molecule has 0 fully saturated rings. The number of rotatable bonds is 9. The zero-order chi connectivity index (χ0) is 21.3. The molecule has 0 bridgehead atoms. The van der Waals surface area contributed by atoms with Crippen molar-refractivity contribution in [2.75, 3.05) is 11.9 Å². The zero-order valence-corrected chi connectivity index (χ0v) is 17.5. The first-order valence-electron chi connectivity index (χ1n) is 10.5. The Morgan fingerprint density at radius 3 is 2.43 bits per heavy atom. The number of hydrogen-bond acceptors (Lipinski definition) is 3. The molecule has 0 heterocycles. The molecule has 0 unspecified atom stereocenters. The van der Waals surface area contributed by atoms with Crippen LogP contribution in [-0.2, 0) is 4.79 Å². The van der Waals surface area contributed by atoms with Gasteiger partial charge in [0.25, 0.3) is 11.8 Å². The number of unbranched alkanes of at least 4 members (excludes halogenated alkanes) is 1. The van der Waals surface area contributed by atoms with Crippen molar-refractivity contribution in [2.24, 2.45) is 0 Å². The minimum absolute atomic E-state index is 0.192. The number of para-hydroxylation sites is 1. The maximum Gasteiger partial charge on any atom is 0.265 e. The summed E-state index contributed by atoms with van der Waals surface area (Å²) in [7, 11) is 0. The molecule has 30 heavy (non-hydrogen) atoms. The number of ether oxygens (including phenoxy) is 1. The van der Waals surface area contributed by atoms with Gasteiger partial charge in [-0.3, -0.25) is 9.59 Å². The van der Waals surface area contributed by atoms with E-state index in [1.165, 1.54) is 0 Å². The fourth-order valence-corrected chi connectivity index (χ4v) is 3.20. The molecule has 0 saturated carbocycles. The number of anilines is 1. The lowest BCUT2D eigenvalue weighted by atomic mass is 10.1. The van der Waals surface area contributed by atoms with Gasteiger partial charge in [0.05, 0.1) is 11.3 Å². The third-order valence-corrected chi connectivity index (χ3v) is 4.91. The van der Waals surface area contributed by atoms with E-state index < -0.39 is 6.10 Å². The molecule has 156 valence electrons. The molecule has 5 nitrogen and oxygen atoms in total. The highest BCUT2D eigenvalue weighted by atomic mass is 16.5. The van der Waals surface area contributed by atoms with Crippen LogP contribution in [0.15, 0.2) is 66.7 Å².